The molecule has 0 saturated carbocycles. The molecule has 2 N–H and O–H groups in total. The van der Waals surface area contributed by atoms with Crippen molar-refractivity contribution in [2.24, 2.45) is 0 Å². The van der Waals surface area contributed by atoms with Crippen molar-refractivity contribution >= 4 is 52.2 Å². The first-order valence-corrected chi connectivity index (χ1v) is 7.59. The normalized spacial score (nSPS) is 16.0. The highest BCUT2D eigenvalue weighted by Gasteiger charge is 2.33. The molecule has 1 aromatic rings. The van der Waals surface area contributed by atoms with Crippen LogP contribution in [0.15, 0.2) is 29.2 Å². The van der Waals surface area contributed by atoms with Crippen LogP contribution in [0.25, 0.3) is 6.08 Å². The molecule has 1 aliphatic rings. The molecule has 0 radical (unpaired) electrons. The molecule has 0 aliphatic carbocycles. The van der Waals surface area contributed by atoms with Crippen LogP contribution in [0, 0.1) is 5.82 Å². The number of aliphatic carboxylic acids is 1. The molecule has 1 aromatic carbocycles. The Hall–Kier alpha value is -2.26. The third-order valence-electron chi connectivity index (χ3n) is 2.80. The maximum Gasteiger partial charge on any atom is 0.322 e. The predicted octanol–water partition coefficient (Wildman–Crippen LogP) is 1.23. The number of thioether (sulfide) groups is 1. The SMILES string of the molecule is O=C(O)CNC(=O)CN1C(=O)/C(=C/c2ccccc2F)SC1=S. The van der Waals surface area contributed by atoms with Gasteiger partial charge in [-0.05, 0) is 12.1 Å². The number of carboxylic acids is 1. The van der Waals surface area contributed by atoms with Crippen LogP contribution in [0.1, 0.15) is 5.56 Å². The Morgan fingerprint density at radius 2 is 2.09 bits per heavy atom. The van der Waals surface area contributed by atoms with Gasteiger partial charge in [-0.15, -0.1) is 0 Å². The number of carbonyl (C=O) groups excluding carboxylic acids is 2. The van der Waals surface area contributed by atoms with Gasteiger partial charge in [0.25, 0.3) is 5.91 Å². The summed E-state index contributed by atoms with van der Waals surface area (Å²) in [5, 5.41) is 10.6. The quantitative estimate of drug-likeness (QED) is 0.611. The summed E-state index contributed by atoms with van der Waals surface area (Å²) in [6.45, 7) is -0.925. The monoisotopic (exact) mass is 354 g/mol. The molecule has 1 heterocycles. The number of nitrogens with one attached hydrogen (secondary N) is 1. The highest BCUT2D eigenvalue weighted by molar-refractivity contribution is 8.26. The summed E-state index contributed by atoms with van der Waals surface area (Å²) in [6, 6.07) is 5.95. The number of hydrogen-bond acceptors (Lipinski definition) is 5. The second-order valence-electron chi connectivity index (χ2n) is 4.46. The molecule has 6 nitrogen and oxygen atoms in total. The number of nitrogens with zero attached hydrogens (tertiary/aromatic N) is 1. The number of rotatable bonds is 5. The van der Waals surface area contributed by atoms with E-state index < -0.39 is 30.1 Å². The van der Waals surface area contributed by atoms with Crippen LogP contribution < -0.4 is 5.32 Å². The van der Waals surface area contributed by atoms with Gasteiger partial charge in [0.15, 0.2) is 0 Å². The van der Waals surface area contributed by atoms with Crippen LogP contribution in [0.5, 0.6) is 0 Å². The third kappa shape index (κ3) is 4.36. The molecule has 0 unspecified atom stereocenters. The van der Waals surface area contributed by atoms with Crippen molar-refractivity contribution in [3.63, 3.8) is 0 Å². The summed E-state index contributed by atoms with van der Waals surface area (Å²) in [7, 11) is 0. The third-order valence-corrected chi connectivity index (χ3v) is 4.18. The van der Waals surface area contributed by atoms with Gasteiger partial charge in [-0.25, -0.2) is 4.39 Å². The fourth-order valence-corrected chi connectivity index (χ4v) is 2.99. The van der Waals surface area contributed by atoms with E-state index in [4.69, 9.17) is 17.3 Å². The number of carboxylic acid groups (broad SMARTS) is 1. The van der Waals surface area contributed by atoms with E-state index in [1.165, 1.54) is 24.3 Å². The highest BCUT2D eigenvalue weighted by atomic mass is 32.2. The highest BCUT2D eigenvalue weighted by Crippen LogP contribution is 2.32. The largest absolute Gasteiger partial charge is 0.480 e. The Morgan fingerprint density at radius 3 is 2.74 bits per heavy atom. The molecule has 1 fully saturated rings. The van der Waals surface area contributed by atoms with Crippen molar-refractivity contribution in [2.45, 2.75) is 0 Å². The van der Waals surface area contributed by atoms with Gasteiger partial charge >= 0.3 is 5.97 Å². The molecule has 0 atom stereocenters. The lowest BCUT2D eigenvalue weighted by atomic mass is 10.2. The van der Waals surface area contributed by atoms with Crippen LogP contribution in [0.4, 0.5) is 4.39 Å². The number of carbonyl (C=O) groups is 3. The van der Waals surface area contributed by atoms with Gasteiger partial charge in [-0.3, -0.25) is 19.3 Å². The average Bonchev–Trinajstić information content (AvgIpc) is 2.75. The van der Waals surface area contributed by atoms with E-state index in [2.05, 4.69) is 5.32 Å². The van der Waals surface area contributed by atoms with Gasteiger partial charge in [0.05, 0.1) is 4.91 Å². The lowest BCUT2D eigenvalue weighted by Crippen LogP contribution is -2.41. The second kappa shape index (κ2) is 7.34. The molecular weight excluding hydrogens is 343 g/mol. The first-order chi connectivity index (χ1) is 10.9. The van der Waals surface area contributed by atoms with Gasteiger partial charge in [0.1, 0.15) is 23.2 Å². The number of amides is 2. The minimum atomic E-state index is -1.19. The lowest BCUT2D eigenvalue weighted by molar-refractivity contribution is -0.138. The second-order valence-corrected chi connectivity index (χ2v) is 6.14. The van der Waals surface area contributed by atoms with Crippen molar-refractivity contribution in [1.29, 1.82) is 0 Å². The number of halogens is 1. The molecule has 1 aliphatic heterocycles. The van der Waals surface area contributed by atoms with Crippen molar-refractivity contribution in [2.75, 3.05) is 13.1 Å². The standard InChI is InChI=1S/C14H11FN2O4S2/c15-9-4-2-1-3-8(9)5-10-13(21)17(14(22)23-10)7-11(18)16-6-12(19)20/h1-5H,6-7H2,(H,16,18)(H,19,20)/b10-5-. The predicted molar refractivity (Wildman–Crippen MR) is 86.9 cm³/mol. The number of thiocarbonyl (C=S) groups is 1. The molecular formula is C14H11FN2O4S2. The zero-order valence-corrected chi connectivity index (χ0v) is 13.2. The summed E-state index contributed by atoms with van der Waals surface area (Å²) in [5.74, 6) is -2.83. The van der Waals surface area contributed by atoms with Crippen LogP contribution in [-0.2, 0) is 14.4 Å². The van der Waals surface area contributed by atoms with E-state index in [-0.39, 0.29) is 21.3 Å². The van der Waals surface area contributed by atoms with E-state index in [0.29, 0.717) is 0 Å². The molecule has 1 saturated heterocycles. The summed E-state index contributed by atoms with van der Waals surface area (Å²) in [4.78, 5) is 35.5. The van der Waals surface area contributed by atoms with Gasteiger partial charge in [-0.2, -0.15) is 0 Å². The maximum atomic E-state index is 13.6. The smallest absolute Gasteiger partial charge is 0.322 e. The first kappa shape index (κ1) is 17.1. The molecule has 2 amide bonds. The van der Waals surface area contributed by atoms with Crippen LogP contribution in [0.2, 0.25) is 0 Å². The van der Waals surface area contributed by atoms with Gasteiger partial charge in [-0.1, -0.05) is 42.2 Å². The maximum absolute atomic E-state index is 13.6. The van der Waals surface area contributed by atoms with Gasteiger partial charge in [0, 0.05) is 5.56 Å². The van der Waals surface area contributed by atoms with E-state index in [1.54, 1.807) is 6.07 Å². The minimum Gasteiger partial charge on any atom is -0.480 e. The van der Waals surface area contributed by atoms with Gasteiger partial charge < -0.3 is 10.4 Å². The Balaban J connectivity index is 2.09. The number of benzene rings is 1. The topological polar surface area (TPSA) is 86.7 Å². The molecule has 120 valence electrons. The molecule has 23 heavy (non-hydrogen) atoms. The Morgan fingerprint density at radius 1 is 1.39 bits per heavy atom. The van der Waals surface area contributed by atoms with Crippen LogP contribution in [-0.4, -0.2) is 45.2 Å². The number of hydrogen-bond donors (Lipinski definition) is 2. The van der Waals surface area contributed by atoms with Crippen LogP contribution in [0.3, 0.4) is 0 Å². The zero-order chi connectivity index (χ0) is 17.0. The molecule has 0 bridgehead atoms. The Bertz CT molecular complexity index is 720. The first-order valence-electron chi connectivity index (χ1n) is 6.37. The van der Waals surface area contributed by atoms with E-state index in [9.17, 15) is 18.8 Å². The molecule has 0 aromatic heterocycles. The Kier molecular flexibility index (Phi) is 5.45. The van der Waals surface area contributed by atoms with Crippen LogP contribution >= 0.6 is 24.0 Å². The Labute approximate surface area is 140 Å². The van der Waals surface area contributed by atoms with Crippen molar-refractivity contribution < 1.29 is 23.9 Å². The molecule has 9 heteroatoms. The van der Waals surface area contributed by atoms with E-state index in [1.807, 2.05) is 0 Å². The van der Waals surface area contributed by atoms with E-state index in [0.717, 1.165) is 16.7 Å². The van der Waals surface area contributed by atoms with E-state index >= 15 is 0 Å². The fourth-order valence-electron chi connectivity index (χ4n) is 1.74. The van der Waals surface area contributed by atoms with Crippen molar-refractivity contribution in [1.82, 2.24) is 10.2 Å². The minimum absolute atomic E-state index is 0.156. The van der Waals surface area contributed by atoms with Crippen molar-refractivity contribution in [3.8, 4) is 0 Å². The van der Waals surface area contributed by atoms with Crippen molar-refractivity contribution in [3.05, 3.63) is 40.6 Å². The molecule has 0 spiro atoms. The summed E-state index contributed by atoms with van der Waals surface area (Å²) in [5.41, 5.74) is 0.239. The zero-order valence-electron chi connectivity index (χ0n) is 11.6. The fraction of sp³-hybridized carbons (Fsp3) is 0.143. The molecule has 2 rings (SSSR count). The average molecular weight is 354 g/mol. The lowest BCUT2D eigenvalue weighted by Gasteiger charge is -2.13. The summed E-state index contributed by atoms with van der Waals surface area (Å²) >= 11 is 5.99. The van der Waals surface area contributed by atoms with Gasteiger partial charge in [0.2, 0.25) is 5.91 Å². The summed E-state index contributed by atoms with van der Waals surface area (Å²) < 4.78 is 13.8. The summed E-state index contributed by atoms with van der Waals surface area (Å²) in [6.07, 6.45) is 1.36.